The Bertz CT molecular complexity index is 1300. The first-order valence-electron chi connectivity index (χ1n) is 12.0. The van der Waals surface area contributed by atoms with E-state index < -0.39 is 18.0 Å². The number of hydrogen-bond acceptors (Lipinski definition) is 5. The fourth-order valence-electron chi connectivity index (χ4n) is 4.59. The number of aromatic nitrogens is 2. The van der Waals surface area contributed by atoms with E-state index in [4.69, 9.17) is 33.7 Å². The number of benzene rings is 2. The Hall–Kier alpha value is -2.69. The highest BCUT2D eigenvalue weighted by Crippen LogP contribution is 2.38. The molecule has 1 aromatic heterocycles. The number of carbonyl (C=O) groups excluding carboxylic acids is 1. The number of ether oxygens (including phenoxy) is 1. The number of amides is 1. The molecule has 0 unspecified atom stereocenters. The summed E-state index contributed by atoms with van der Waals surface area (Å²) in [5, 5.41) is 6.81. The fourth-order valence-corrected chi connectivity index (χ4v) is 5.13. The molecule has 1 fully saturated rings. The van der Waals surface area contributed by atoms with Gasteiger partial charge in [-0.2, -0.15) is 13.2 Å². The molecule has 0 aliphatic heterocycles. The molecule has 7 nitrogen and oxygen atoms in total. The summed E-state index contributed by atoms with van der Waals surface area (Å²) >= 11 is 12.8. The third-order valence-electron chi connectivity index (χ3n) is 6.68. The summed E-state index contributed by atoms with van der Waals surface area (Å²) in [5.41, 5.74) is 8.40. The first-order chi connectivity index (χ1) is 17.5. The van der Waals surface area contributed by atoms with Gasteiger partial charge in [-0.3, -0.25) is 4.79 Å². The molecular weight excluding hydrogens is 530 g/mol. The number of anilines is 2. The maximum Gasteiger partial charge on any atom is 0.391 e. The van der Waals surface area contributed by atoms with Crippen LogP contribution in [-0.2, 0) is 13.6 Å². The van der Waals surface area contributed by atoms with E-state index in [0.717, 1.165) is 0 Å². The molecular formula is C25H28Cl2F3N5O2. The largest absolute Gasteiger partial charge is 0.493 e. The Morgan fingerprint density at radius 3 is 2.54 bits per heavy atom. The van der Waals surface area contributed by atoms with Crippen molar-refractivity contribution in [3.8, 4) is 5.75 Å². The first kappa shape index (κ1) is 27.3. The van der Waals surface area contributed by atoms with Crippen molar-refractivity contribution in [1.82, 2.24) is 14.9 Å². The van der Waals surface area contributed by atoms with Gasteiger partial charge in [-0.15, -0.1) is 0 Å². The van der Waals surface area contributed by atoms with Gasteiger partial charge in [0.2, 0.25) is 5.95 Å². The summed E-state index contributed by atoms with van der Waals surface area (Å²) in [7, 11) is 1.79. The zero-order chi connectivity index (χ0) is 26.9. The molecule has 0 spiro atoms. The van der Waals surface area contributed by atoms with Crippen LogP contribution in [0.1, 0.15) is 48.5 Å². The van der Waals surface area contributed by atoms with Crippen molar-refractivity contribution >= 4 is 51.8 Å². The van der Waals surface area contributed by atoms with Crippen molar-refractivity contribution in [2.24, 2.45) is 18.7 Å². The van der Waals surface area contributed by atoms with E-state index in [1.165, 1.54) is 0 Å². The predicted molar refractivity (Wildman–Crippen MR) is 139 cm³/mol. The number of nitrogens with one attached hydrogen (secondary N) is 2. The Morgan fingerprint density at radius 2 is 1.92 bits per heavy atom. The predicted octanol–water partition coefficient (Wildman–Crippen LogP) is 6.33. The van der Waals surface area contributed by atoms with E-state index in [0.29, 0.717) is 50.6 Å². The molecule has 200 valence electrons. The molecule has 1 saturated carbocycles. The van der Waals surface area contributed by atoms with Gasteiger partial charge in [-0.1, -0.05) is 29.3 Å². The number of imidazole rings is 1. The van der Waals surface area contributed by atoms with Crippen LogP contribution in [0.25, 0.3) is 11.0 Å². The van der Waals surface area contributed by atoms with Gasteiger partial charge >= 0.3 is 6.18 Å². The highest BCUT2D eigenvalue weighted by atomic mass is 35.5. The summed E-state index contributed by atoms with van der Waals surface area (Å²) < 4.78 is 46.5. The molecule has 0 atom stereocenters. The Kier molecular flexibility index (Phi) is 8.11. The Balaban J connectivity index is 1.61. The summed E-state index contributed by atoms with van der Waals surface area (Å²) in [6.07, 6.45) is -3.67. The number of carbonyl (C=O) groups is 1. The van der Waals surface area contributed by atoms with Crippen molar-refractivity contribution in [2.45, 2.75) is 51.4 Å². The maximum absolute atomic E-state index is 13.2. The second-order valence-corrected chi connectivity index (χ2v) is 9.84. The summed E-state index contributed by atoms with van der Waals surface area (Å²) in [6, 6.07) is 6.43. The third-order valence-corrected chi connectivity index (χ3v) is 7.43. The lowest BCUT2D eigenvalue weighted by Gasteiger charge is -2.30. The topological polar surface area (TPSA) is 94.2 Å². The molecule has 1 heterocycles. The average molecular weight is 558 g/mol. The van der Waals surface area contributed by atoms with Crippen LogP contribution in [0.5, 0.6) is 5.75 Å². The van der Waals surface area contributed by atoms with Crippen LogP contribution in [0.15, 0.2) is 24.3 Å². The number of rotatable bonds is 7. The van der Waals surface area contributed by atoms with Crippen molar-refractivity contribution in [1.29, 1.82) is 0 Å². The van der Waals surface area contributed by atoms with Crippen LogP contribution < -0.4 is 21.1 Å². The van der Waals surface area contributed by atoms with Crippen LogP contribution in [0.4, 0.5) is 24.8 Å². The molecule has 0 saturated heterocycles. The zero-order valence-corrected chi connectivity index (χ0v) is 21.9. The lowest BCUT2D eigenvalue weighted by atomic mass is 9.85. The molecule has 1 aliphatic carbocycles. The SMILES string of the molecule is CCOc1cc2c(cc1C(=O)NC1CCC(C(F)(F)F)CC1)nc(Nc1c(Cl)ccc(CN)c1Cl)n2C. The molecule has 4 N–H and O–H groups in total. The van der Waals surface area contributed by atoms with Gasteiger partial charge in [0.05, 0.1) is 44.9 Å². The molecule has 2 aromatic carbocycles. The second kappa shape index (κ2) is 11.0. The fraction of sp³-hybridized carbons (Fsp3) is 0.440. The monoisotopic (exact) mass is 557 g/mol. The molecule has 12 heteroatoms. The standard InChI is InChI=1S/C25H28Cl2F3N5O2/c1-3-37-20-11-19-18(10-16(20)23(36)32-15-7-5-14(6-8-15)25(28,29)30)33-24(35(19)2)34-22-17(26)9-4-13(12-31)21(22)27/h4,9-11,14-15H,3,5-8,12,31H2,1-2H3,(H,32,36)(H,33,34). The van der Waals surface area contributed by atoms with Crippen LogP contribution >= 0.6 is 23.2 Å². The van der Waals surface area contributed by atoms with Gasteiger partial charge in [0.1, 0.15) is 5.75 Å². The highest BCUT2D eigenvalue weighted by Gasteiger charge is 2.41. The van der Waals surface area contributed by atoms with Crippen LogP contribution in [0, 0.1) is 5.92 Å². The number of halogens is 5. The molecule has 37 heavy (non-hydrogen) atoms. The first-order valence-corrected chi connectivity index (χ1v) is 12.7. The minimum Gasteiger partial charge on any atom is -0.493 e. The van der Waals surface area contributed by atoms with Crippen molar-refractivity contribution in [3.05, 3.63) is 45.4 Å². The molecule has 1 aliphatic rings. The minimum atomic E-state index is -4.20. The number of nitrogens with zero attached hydrogens (tertiary/aromatic N) is 2. The van der Waals surface area contributed by atoms with Crippen LogP contribution in [0.2, 0.25) is 10.0 Å². The summed E-state index contributed by atoms with van der Waals surface area (Å²) in [6.45, 7) is 2.36. The number of alkyl halides is 3. The van der Waals surface area contributed by atoms with Crippen molar-refractivity contribution in [2.75, 3.05) is 11.9 Å². The van der Waals surface area contributed by atoms with Gasteiger partial charge in [-0.25, -0.2) is 4.98 Å². The number of hydrogen-bond donors (Lipinski definition) is 3. The Morgan fingerprint density at radius 1 is 1.22 bits per heavy atom. The lowest BCUT2D eigenvalue weighted by molar-refractivity contribution is -0.182. The Labute approximate surface area is 222 Å². The van der Waals surface area contributed by atoms with Gasteiger partial charge in [0.15, 0.2) is 0 Å². The smallest absolute Gasteiger partial charge is 0.391 e. The number of aryl methyl sites for hydroxylation is 1. The van der Waals surface area contributed by atoms with Gasteiger partial charge in [0.25, 0.3) is 5.91 Å². The summed E-state index contributed by atoms with van der Waals surface area (Å²) in [5.74, 6) is -0.948. The number of nitrogens with two attached hydrogens (primary N) is 1. The van der Waals surface area contributed by atoms with Crippen LogP contribution in [0.3, 0.4) is 0 Å². The zero-order valence-electron chi connectivity index (χ0n) is 20.4. The van der Waals surface area contributed by atoms with Crippen molar-refractivity contribution in [3.63, 3.8) is 0 Å². The van der Waals surface area contributed by atoms with E-state index in [9.17, 15) is 18.0 Å². The van der Waals surface area contributed by atoms with Crippen LogP contribution in [-0.4, -0.2) is 34.3 Å². The van der Waals surface area contributed by atoms with Gasteiger partial charge < -0.3 is 25.7 Å². The molecule has 0 bridgehead atoms. The van der Waals surface area contributed by atoms with E-state index in [2.05, 4.69) is 15.6 Å². The summed E-state index contributed by atoms with van der Waals surface area (Å²) in [4.78, 5) is 17.8. The molecule has 0 radical (unpaired) electrons. The quantitative estimate of drug-likeness (QED) is 0.315. The minimum absolute atomic E-state index is 0.00244. The third kappa shape index (κ3) is 5.76. The maximum atomic E-state index is 13.2. The van der Waals surface area contributed by atoms with E-state index in [1.54, 1.807) is 42.8 Å². The van der Waals surface area contributed by atoms with E-state index >= 15 is 0 Å². The van der Waals surface area contributed by atoms with E-state index in [1.807, 2.05) is 0 Å². The van der Waals surface area contributed by atoms with E-state index in [-0.39, 0.29) is 43.8 Å². The molecule has 4 rings (SSSR count). The normalized spacial score (nSPS) is 18.2. The molecule has 1 amide bonds. The molecule has 3 aromatic rings. The van der Waals surface area contributed by atoms with Gasteiger partial charge in [-0.05, 0) is 50.3 Å². The van der Waals surface area contributed by atoms with Crippen molar-refractivity contribution < 1.29 is 22.7 Å². The lowest BCUT2D eigenvalue weighted by Crippen LogP contribution is -2.40. The number of fused-ring (bicyclic) bond motifs is 1. The van der Waals surface area contributed by atoms with Gasteiger partial charge in [0, 0.05) is 25.7 Å². The highest BCUT2D eigenvalue weighted by molar-refractivity contribution is 6.39. The second-order valence-electron chi connectivity index (χ2n) is 9.05. The average Bonchev–Trinajstić information content (AvgIpc) is 3.15.